The van der Waals surface area contributed by atoms with Gasteiger partial charge in [0.1, 0.15) is 42.7 Å². The lowest BCUT2D eigenvalue weighted by molar-refractivity contribution is -0.298. The smallest absolute Gasteiger partial charge is 0.177 e. The van der Waals surface area contributed by atoms with Crippen LogP contribution in [0.4, 0.5) is 0 Å². The van der Waals surface area contributed by atoms with E-state index in [9.17, 15) is 30.6 Å². The molecule has 1 aliphatic rings. The van der Waals surface area contributed by atoms with Gasteiger partial charge in [0.05, 0.1) is 25.9 Å². The molecular weight excluding hydrogens is 387 g/mol. The third-order valence-corrected chi connectivity index (χ3v) is 4.48. The maximum Gasteiger partial charge on any atom is 0.177 e. The van der Waals surface area contributed by atoms with E-state index in [1.807, 2.05) is 0 Å². The predicted octanol–water partition coefficient (Wildman–Crippen LogP) is -4.26. The van der Waals surface area contributed by atoms with Crippen molar-refractivity contribution >= 4 is 23.6 Å². The molecule has 0 aromatic rings. The summed E-state index contributed by atoms with van der Waals surface area (Å²) in [5, 5.41) is 67.6. The lowest BCUT2D eigenvalue weighted by Gasteiger charge is -2.43. The third kappa shape index (κ3) is 5.56. The predicted molar refractivity (Wildman–Crippen MR) is 84.4 cm³/mol. The van der Waals surface area contributed by atoms with Crippen LogP contribution in [-0.4, -0.2) is 111 Å². The summed E-state index contributed by atoms with van der Waals surface area (Å²) in [6, 6.07) is -2.32. The Balaban J connectivity index is 2.99. The molecule has 0 spiro atoms. The van der Waals surface area contributed by atoms with Crippen molar-refractivity contribution < 1.29 is 45.2 Å². The third-order valence-electron chi connectivity index (χ3n) is 3.95. The van der Waals surface area contributed by atoms with E-state index < -0.39 is 74.8 Å². The molecule has 150 valence electrons. The maximum atomic E-state index is 10.2. The van der Waals surface area contributed by atoms with E-state index in [0.717, 1.165) is 0 Å². The van der Waals surface area contributed by atoms with Gasteiger partial charge >= 0.3 is 0 Å². The fourth-order valence-electron chi connectivity index (χ4n) is 2.41. The summed E-state index contributed by atoms with van der Waals surface area (Å²) >= 11 is 10.9. The number of aliphatic hydroxyl groups excluding tert-OH is 7. The molecule has 0 aliphatic carbocycles. The molecular formula is C12H24Cl2N2O9. The summed E-state index contributed by atoms with van der Waals surface area (Å²) in [6.07, 6.45) is -10.3. The van der Waals surface area contributed by atoms with Crippen LogP contribution in [0.15, 0.2) is 0 Å². The van der Waals surface area contributed by atoms with Crippen LogP contribution in [0, 0.1) is 0 Å². The average molecular weight is 411 g/mol. The van der Waals surface area contributed by atoms with Gasteiger partial charge < -0.3 is 45.2 Å². The number of halogens is 2. The van der Waals surface area contributed by atoms with Crippen LogP contribution >= 0.6 is 23.6 Å². The average Bonchev–Trinajstić information content (AvgIpc) is 2.62. The van der Waals surface area contributed by atoms with Crippen LogP contribution in [0.2, 0.25) is 0 Å². The molecule has 0 saturated carbocycles. The monoisotopic (exact) mass is 410 g/mol. The molecule has 0 amide bonds. The molecule has 4 unspecified atom stereocenters. The van der Waals surface area contributed by atoms with E-state index in [1.54, 1.807) is 0 Å². The highest BCUT2D eigenvalue weighted by molar-refractivity contribution is 6.13. The zero-order valence-electron chi connectivity index (χ0n) is 13.0. The molecule has 9 N–H and O–H groups in total. The summed E-state index contributed by atoms with van der Waals surface area (Å²) in [7, 11) is 0. The van der Waals surface area contributed by atoms with Gasteiger partial charge in [-0.05, 0) is 23.6 Å². The maximum absolute atomic E-state index is 10.2. The Bertz CT molecular complexity index is 382. The molecule has 1 heterocycles. The van der Waals surface area contributed by atoms with Crippen LogP contribution in [0.25, 0.3) is 0 Å². The molecule has 1 fully saturated rings. The Morgan fingerprint density at radius 2 is 1.68 bits per heavy atom. The molecule has 1 saturated heterocycles. The van der Waals surface area contributed by atoms with Crippen LogP contribution in [0.1, 0.15) is 0 Å². The molecule has 11 nitrogen and oxygen atoms in total. The van der Waals surface area contributed by atoms with E-state index >= 15 is 0 Å². The molecule has 0 aromatic carbocycles. The minimum absolute atomic E-state index is 0.619. The first-order valence-electron chi connectivity index (χ1n) is 7.44. The van der Waals surface area contributed by atoms with Gasteiger partial charge in [-0.1, -0.05) is 0 Å². The number of hydrogen-bond acceptors (Lipinski definition) is 11. The van der Waals surface area contributed by atoms with Crippen LogP contribution < -0.4 is 9.67 Å². The first-order valence-corrected chi connectivity index (χ1v) is 8.19. The van der Waals surface area contributed by atoms with Crippen molar-refractivity contribution in [2.75, 3.05) is 19.8 Å². The molecule has 1 rings (SSSR count). The van der Waals surface area contributed by atoms with Crippen molar-refractivity contribution in [1.29, 1.82) is 0 Å². The minimum Gasteiger partial charge on any atom is -0.395 e. The second-order valence-corrected chi connectivity index (χ2v) is 6.02. The van der Waals surface area contributed by atoms with Gasteiger partial charge in [-0.2, -0.15) is 0 Å². The van der Waals surface area contributed by atoms with Gasteiger partial charge in [-0.15, -0.1) is 0 Å². The van der Waals surface area contributed by atoms with Gasteiger partial charge in [0.2, 0.25) is 0 Å². The number of aliphatic hydroxyl groups is 7. The Hall–Kier alpha value is 0.140. The standard InChI is InChI=1S/C12H24Cl2N2O9/c13-15-4(1-17)8(21)11(5(20)2-18)25-12-7(16-14)10(23)9(22)6(3-19)24-12/h4-12,15-23H,1-3H2/t4?,5?,6?,7?,8-,9+,10-,11+,12+/m1/s1. The molecule has 9 atom stereocenters. The zero-order chi connectivity index (χ0) is 19.1. The van der Waals surface area contributed by atoms with Crippen LogP contribution in [-0.2, 0) is 9.47 Å². The number of rotatable bonds is 10. The van der Waals surface area contributed by atoms with E-state index in [-0.39, 0.29) is 0 Å². The second kappa shape index (κ2) is 11.1. The quantitative estimate of drug-likeness (QED) is 0.159. The van der Waals surface area contributed by atoms with Gasteiger partial charge in [-0.25, -0.2) is 9.67 Å². The molecule has 25 heavy (non-hydrogen) atoms. The Labute approximate surface area is 153 Å². The summed E-state index contributed by atoms with van der Waals surface area (Å²) in [6.45, 7) is -2.07. The molecule has 0 radical (unpaired) electrons. The highest BCUT2D eigenvalue weighted by Gasteiger charge is 2.47. The molecule has 13 heteroatoms. The van der Waals surface area contributed by atoms with E-state index in [1.165, 1.54) is 0 Å². The first kappa shape index (κ1) is 23.2. The summed E-state index contributed by atoms with van der Waals surface area (Å²) in [5.74, 6) is 0. The summed E-state index contributed by atoms with van der Waals surface area (Å²) in [5.41, 5.74) is 0. The van der Waals surface area contributed by atoms with Gasteiger partial charge in [-0.3, -0.25) is 0 Å². The van der Waals surface area contributed by atoms with Crippen LogP contribution in [0.5, 0.6) is 0 Å². The lowest BCUT2D eigenvalue weighted by atomic mass is 9.97. The van der Waals surface area contributed by atoms with Gasteiger partial charge in [0.25, 0.3) is 0 Å². The second-order valence-electron chi connectivity index (χ2n) is 5.58. The Morgan fingerprint density at radius 3 is 2.12 bits per heavy atom. The Kier molecular flexibility index (Phi) is 10.3. The van der Waals surface area contributed by atoms with Crippen molar-refractivity contribution in [2.24, 2.45) is 0 Å². The molecule has 1 aliphatic heterocycles. The summed E-state index contributed by atoms with van der Waals surface area (Å²) in [4.78, 5) is 4.25. The van der Waals surface area contributed by atoms with E-state index in [4.69, 9.17) is 38.1 Å². The van der Waals surface area contributed by atoms with E-state index in [2.05, 4.69) is 9.67 Å². The number of hydrogen-bond donors (Lipinski definition) is 9. The SMILES string of the molecule is OCC(NCl)[C@@H](O)[C@@H](O[C@@H]1OC(CO)[C@H](O)[C@H](O)C1NCl)C(O)CO. The minimum atomic E-state index is -1.61. The largest absolute Gasteiger partial charge is 0.395 e. The van der Waals surface area contributed by atoms with Crippen molar-refractivity contribution in [2.45, 2.75) is 55.0 Å². The van der Waals surface area contributed by atoms with Crippen molar-refractivity contribution in [3.05, 3.63) is 0 Å². The van der Waals surface area contributed by atoms with Crippen molar-refractivity contribution in [1.82, 2.24) is 9.67 Å². The highest BCUT2D eigenvalue weighted by atomic mass is 35.5. The fourth-order valence-corrected chi connectivity index (χ4v) is 2.84. The fraction of sp³-hybridized carbons (Fsp3) is 1.00. The van der Waals surface area contributed by atoms with E-state index in [0.29, 0.717) is 0 Å². The van der Waals surface area contributed by atoms with Crippen LogP contribution in [0.3, 0.4) is 0 Å². The molecule has 0 aromatic heterocycles. The Morgan fingerprint density at radius 1 is 1.04 bits per heavy atom. The summed E-state index contributed by atoms with van der Waals surface area (Å²) < 4.78 is 10.7. The number of nitrogens with one attached hydrogen (secondary N) is 2. The van der Waals surface area contributed by atoms with Gasteiger partial charge in [0, 0.05) is 0 Å². The number of ether oxygens (including phenoxy) is 2. The normalized spacial score (nSPS) is 35.2. The zero-order valence-corrected chi connectivity index (χ0v) is 14.5. The van der Waals surface area contributed by atoms with Gasteiger partial charge in [0.15, 0.2) is 6.29 Å². The first-order chi connectivity index (χ1) is 11.9. The van der Waals surface area contributed by atoms with Crippen molar-refractivity contribution in [3.8, 4) is 0 Å². The highest BCUT2D eigenvalue weighted by Crippen LogP contribution is 2.25. The van der Waals surface area contributed by atoms with Crippen molar-refractivity contribution in [3.63, 3.8) is 0 Å². The molecule has 0 bridgehead atoms. The lowest BCUT2D eigenvalue weighted by Crippen LogP contribution is -2.64. The topological polar surface area (TPSA) is 184 Å².